The van der Waals surface area contributed by atoms with E-state index in [0.29, 0.717) is 12.5 Å². The summed E-state index contributed by atoms with van der Waals surface area (Å²) < 4.78 is 7.54. The number of oxazole rings is 1. The van der Waals surface area contributed by atoms with Gasteiger partial charge in [0.25, 0.3) is 0 Å². The second-order valence-corrected chi connectivity index (χ2v) is 6.64. The van der Waals surface area contributed by atoms with Crippen molar-refractivity contribution in [2.45, 2.75) is 20.4 Å². The van der Waals surface area contributed by atoms with E-state index in [1.54, 1.807) is 0 Å². The summed E-state index contributed by atoms with van der Waals surface area (Å²) in [6.45, 7) is 6.05. The van der Waals surface area contributed by atoms with E-state index < -0.39 is 0 Å². The van der Waals surface area contributed by atoms with E-state index >= 15 is 0 Å². The molecule has 0 amide bonds. The van der Waals surface area contributed by atoms with Crippen LogP contribution in [0.1, 0.15) is 19.5 Å². The standard InChI is InChI=1S/C14H16Br2N2O/c1-9(2)6-17-7-13-14(19-8-18-13)10-3-11(15)5-12(16)4-10/h3-5,8-9,17H,6-7H2,1-2H3. The van der Waals surface area contributed by atoms with Crippen LogP contribution >= 0.6 is 31.9 Å². The topological polar surface area (TPSA) is 38.1 Å². The lowest BCUT2D eigenvalue weighted by molar-refractivity contribution is 0.545. The summed E-state index contributed by atoms with van der Waals surface area (Å²) in [6, 6.07) is 6.05. The van der Waals surface area contributed by atoms with Crippen LogP contribution in [0.25, 0.3) is 11.3 Å². The Bertz CT molecular complexity index is 532. The fourth-order valence-electron chi connectivity index (χ4n) is 1.79. The van der Waals surface area contributed by atoms with Gasteiger partial charge in [0.15, 0.2) is 12.2 Å². The van der Waals surface area contributed by atoms with Crippen LogP contribution in [0.15, 0.2) is 38.0 Å². The van der Waals surface area contributed by atoms with Crippen molar-refractivity contribution >= 4 is 31.9 Å². The van der Waals surface area contributed by atoms with Gasteiger partial charge in [-0.2, -0.15) is 0 Å². The lowest BCUT2D eigenvalue weighted by atomic mass is 10.1. The monoisotopic (exact) mass is 386 g/mol. The normalized spacial score (nSPS) is 11.2. The Morgan fingerprint density at radius 1 is 1.21 bits per heavy atom. The first-order valence-electron chi connectivity index (χ1n) is 6.16. The van der Waals surface area contributed by atoms with Crippen LogP contribution in [0.2, 0.25) is 0 Å². The molecule has 3 nitrogen and oxygen atoms in total. The van der Waals surface area contributed by atoms with Crippen molar-refractivity contribution in [1.82, 2.24) is 10.3 Å². The first kappa shape index (κ1) is 14.8. The molecule has 1 aromatic carbocycles. The zero-order chi connectivity index (χ0) is 13.8. The van der Waals surface area contributed by atoms with E-state index in [-0.39, 0.29) is 0 Å². The van der Waals surface area contributed by atoms with Gasteiger partial charge in [0.1, 0.15) is 5.69 Å². The van der Waals surface area contributed by atoms with Gasteiger partial charge in [0.05, 0.1) is 0 Å². The van der Waals surface area contributed by atoms with Crippen LogP contribution in [0, 0.1) is 5.92 Å². The molecule has 2 rings (SSSR count). The Morgan fingerprint density at radius 3 is 2.53 bits per heavy atom. The highest BCUT2D eigenvalue weighted by Gasteiger charge is 2.12. The number of aromatic nitrogens is 1. The molecule has 0 radical (unpaired) electrons. The van der Waals surface area contributed by atoms with E-state index in [0.717, 1.165) is 32.5 Å². The molecule has 19 heavy (non-hydrogen) atoms. The quantitative estimate of drug-likeness (QED) is 0.813. The Labute approximate surface area is 130 Å². The molecule has 1 N–H and O–H groups in total. The molecule has 0 aliphatic rings. The summed E-state index contributed by atoms with van der Waals surface area (Å²) in [5.74, 6) is 1.44. The van der Waals surface area contributed by atoms with Gasteiger partial charge in [-0.3, -0.25) is 0 Å². The smallest absolute Gasteiger partial charge is 0.181 e. The maximum atomic E-state index is 5.53. The molecule has 0 aliphatic heterocycles. The van der Waals surface area contributed by atoms with Gasteiger partial charge in [-0.1, -0.05) is 45.7 Å². The molecule has 0 fully saturated rings. The van der Waals surface area contributed by atoms with Crippen LogP contribution < -0.4 is 5.32 Å². The molecule has 0 bridgehead atoms. The summed E-state index contributed by atoms with van der Waals surface area (Å²) in [6.07, 6.45) is 1.50. The molecule has 0 aliphatic carbocycles. The molecule has 0 saturated carbocycles. The Balaban J connectivity index is 2.18. The van der Waals surface area contributed by atoms with Crippen LogP contribution in [0.4, 0.5) is 0 Å². The molecule has 0 unspecified atom stereocenters. The maximum Gasteiger partial charge on any atom is 0.181 e. The van der Waals surface area contributed by atoms with Gasteiger partial charge >= 0.3 is 0 Å². The minimum absolute atomic E-state index is 0.621. The second kappa shape index (κ2) is 6.68. The second-order valence-electron chi connectivity index (χ2n) is 4.81. The van der Waals surface area contributed by atoms with E-state index in [9.17, 15) is 0 Å². The number of rotatable bonds is 5. The highest BCUT2D eigenvalue weighted by molar-refractivity contribution is 9.11. The highest BCUT2D eigenvalue weighted by atomic mass is 79.9. The Kier molecular flexibility index (Phi) is 5.19. The van der Waals surface area contributed by atoms with E-state index in [2.05, 4.69) is 56.0 Å². The third-order valence-electron chi connectivity index (χ3n) is 2.61. The third kappa shape index (κ3) is 4.16. The SMILES string of the molecule is CC(C)CNCc1ncoc1-c1cc(Br)cc(Br)c1. The average molecular weight is 388 g/mol. The van der Waals surface area contributed by atoms with Crippen molar-refractivity contribution < 1.29 is 4.42 Å². The van der Waals surface area contributed by atoms with Gasteiger partial charge in [0, 0.05) is 21.1 Å². The number of hydrogen-bond acceptors (Lipinski definition) is 3. The largest absolute Gasteiger partial charge is 0.443 e. The average Bonchev–Trinajstić information content (AvgIpc) is 2.75. The summed E-state index contributed by atoms with van der Waals surface area (Å²) in [4.78, 5) is 4.29. The minimum Gasteiger partial charge on any atom is -0.443 e. The number of benzene rings is 1. The van der Waals surface area contributed by atoms with Crippen LogP contribution in [-0.2, 0) is 6.54 Å². The molecule has 1 heterocycles. The number of hydrogen-bond donors (Lipinski definition) is 1. The predicted molar refractivity (Wildman–Crippen MR) is 83.9 cm³/mol. The molecule has 0 atom stereocenters. The summed E-state index contributed by atoms with van der Waals surface area (Å²) in [5, 5.41) is 3.38. The van der Waals surface area contributed by atoms with Gasteiger partial charge in [-0.05, 0) is 30.7 Å². The van der Waals surface area contributed by atoms with Gasteiger partial charge in [-0.25, -0.2) is 4.98 Å². The molecule has 0 spiro atoms. The summed E-state index contributed by atoms with van der Waals surface area (Å²) in [7, 11) is 0. The number of nitrogens with zero attached hydrogens (tertiary/aromatic N) is 1. The number of nitrogens with one attached hydrogen (secondary N) is 1. The molecule has 102 valence electrons. The fourth-order valence-corrected chi connectivity index (χ4v) is 3.09. The molecule has 2 aromatic rings. The first-order chi connectivity index (χ1) is 9.06. The van der Waals surface area contributed by atoms with Crippen LogP contribution in [-0.4, -0.2) is 11.5 Å². The van der Waals surface area contributed by atoms with Gasteiger partial charge < -0.3 is 9.73 Å². The predicted octanol–water partition coefficient (Wildman–Crippen LogP) is 4.61. The fraction of sp³-hybridized carbons (Fsp3) is 0.357. The Hall–Kier alpha value is -0.650. The van der Waals surface area contributed by atoms with Crippen molar-refractivity contribution in [1.29, 1.82) is 0 Å². The molecule has 0 saturated heterocycles. The van der Waals surface area contributed by atoms with Crippen molar-refractivity contribution in [3.63, 3.8) is 0 Å². The minimum atomic E-state index is 0.621. The lowest BCUT2D eigenvalue weighted by Gasteiger charge is -2.07. The Morgan fingerprint density at radius 2 is 1.89 bits per heavy atom. The van der Waals surface area contributed by atoms with E-state index in [1.807, 2.05) is 18.2 Å². The number of halogens is 2. The molecule has 5 heteroatoms. The van der Waals surface area contributed by atoms with Gasteiger partial charge in [-0.15, -0.1) is 0 Å². The highest BCUT2D eigenvalue weighted by Crippen LogP contribution is 2.29. The van der Waals surface area contributed by atoms with Crippen LogP contribution in [0.3, 0.4) is 0 Å². The molecular weight excluding hydrogens is 372 g/mol. The van der Waals surface area contributed by atoms with Crippen molar-refractivity contribution in [2.75, 3.05) is 6.54 Å². The van der Waals surface area contributed by atoms with Crippen molar-refractivity contribution in [3.05, 3.63) is 39.2 Å². The van der Waals surface area contributed by atoms with Crippen LogP contribution in [0.5, 0.6) is 0 Å². The zero-order valence-electron chi connectivity index (χ0n) is 10.9. The third-order valence-corrected chi connectivity index (χ3v) is 3.53. The van der Waals surface area contributed by atoms with Crippen molar-refractivity contribution in [3.8, 4) is 11.3 Å². The maximum absolute atomic E-state index is 5.53. The van der Waals surface area contributed by atoms with Gasteiger partial charge in [0.2, 0.25) is 0 Å². The first-order valence-corrected chi connectivity index (χ1v) is 7.74. The zero-order valence-corrected chi connectivity index (χ0v) is 14.1. The molecular formula is C14H16Br2N2O. The summed E-state index contributed by atoms with van der Waals surface area (Å²) in [5.41, 5.74) is 1.95. The summed E-state index contributed by atoms with van der Waals surface area (Å²) >= 11 is 6.97. The molecule has 1 aromatic heterocycles. The lowest BCUT2D eigenvalue weighted by Crippen LogP contribution is -2.19. The van der Waals surface area contributed by atoms with E-state index in [1.165, 1.54) is 6.39 Å². The van der Waals surface area contributed by atoms with E-state index in [4.69, 9.17) is 4.42 Å². The van der Waals surface area contributed by atoms with Crippen molar-refractivity contribution in [2.24, 2.45) is 5.92 Å².